The van der Waals surface area contributed by atoms with Crippen LogP contribution in [0.4, 0.5) is 0 Å². The second-order valence-electron chi connectivity index (χ2n) is 11.8. The zero-order valence-electron chi connectivity index (χ0n) is 25.9. The molecule has 6 heteroatoms. The highest BCUT2D eigenvalue weighted by molar-refractivity contribution is 5.86. The fraction of sp³-hybridized carbons (Fsp3) is 0.657. The zero-order chi connectivity index (χ0) is 30.6. The third-order valence-electron chi connectivity index (χ3n) is 8.25. The molecule has 1 aliphatic rings. The van der Waals surface area contributed by atoms with Crippen LogP contribution in [-0.4, -0.2) is 54.0 Å². The normalized spacial score (nSPS) is 17.3. The molecule has 3 N–H and O–H groups in total. The number of aryl methyl sites for hydroxylation is 2. The van der Waals surface area contributed by atoms with Gasteiger partial charge in [0.2, 0.25) is 0 Å². The van der Waals surface area contributed by atoms with Crippen LogP contribution in [0.3, 0.4) is 0 Å². The molecule has 0 heterocycles. The lowest BCUT2D eigenvalue weighted by molar-refractivity contribution is -0.140. The monoisotopic (exact) mass is 572 g/mol. The van der Waals surface area contributed by atoms with E-state index < -0.39 is 0 Å². The Morgan fingerprint density at radius 3 is 2.20 bits per heavy atom. The lowest BCUT2D eigenvalue weighted by Crippen LogP contribution is -2.20. The van der Waals surface area contributed by atoms with E-state index in [1.165, 1.54) is 56.9 Å². The summed E-state index contributed by atoms with van der Waals surface area (Å²) in [6.07, 6.45) is 14.3. The highest BCUT2D eigenvalue weighted by Gasteiger charge is 2.24. The summed E-state index contributed by atoms with van der Waals surface area (Å²) < 4.78 is 5.24. The molecule has 6 nitrogen and oxygen atoms in total. The van der Waals surface area contributed by atoms with Gasteiger partial charge in [-0.05, 0) is 105 Å². The van der Waals surface area contributed by atoms with E-state index in [1.807, 2.05) is 0 Å². The maximum absolute atomic E-state index is 11.6. The number of hydrogen-bond donors (Lipinski definition) is 3. The smallest absolute Gasteiger partial charge is 0.333 e. The first-order valence-corrected chi connectivity index (χ1v) is 15.6. The predicted molar refractivity (Wildman–Crippen MR) is 167 cm³/mol. The summed E-state index contributed by atoms with van der Waals surface area (Å²) in [6.45, 7) is 13.4. The lowest BCUT2D eigenvalue weighted by Gasteiger charge is -2.30. The molecule has 232 valence electrons. The van der Waals surface area contributed by atoms with E-state index in [1.54, 1.807) is 18.1 Å². The zero-order valence-corrected chi connectivity index (χ0v) is 25.9. The Hall–Kier alpha value is -2.28. The standard InChI is InChI=1S/C28H44O3.C7H12O3/c1-5-7-8-9-25-16-17-27(18-24(25)6-2)26-14-12-22(13-15-26)10-11-23(19-29)20-31-28(30)21(3)4;1-6(3-8)2-7(4-9)5-10/h16-18,22-23,26,29H,3,5-15,19-20H2,1-2,4H3;3,7,9-10H,1-2,4-5H2. The third-order valence-corrected chi connectivity index (χ3v) is 8.25. The summed E-state index contributed by atoms with van der Waals surface area (Å²) in [6, 6.07) is 7.28. The molecule has 0 aromatic heterocycles. The van der Waals surface area contributed by atoms with Gasteiger partial charge in [0.05, 0.1) is 6.61 Å². The molecule has 1 unspecified atom stereocenters. The van der Waals surface area contributed by atoms with Crippen LogP contribution in [0.1, 0.15) is 108 Å². The van der Waals surface area contributed by atoms with Gasteiger partial charge in [-0.2, -0.15) is 0 Å². The summed E-state index contributed by atoms with van der Waals surface area (Å²) in [5.74, 6) is 0.852. The lowest BCUT2D eigenvalue weighted by atomic mass is 9.76. The van der Waals surface area contributed by atoms with Crippen molar-refractivity contribution in [2.45, 2.75) is 104 Å². The van der Waals surface area contributed by atoms with Gasteiger partial charge in [0.15, 0.2) is 0 Å². The second kappa shape index (κ2) is 21.4. The fourth-order valence-electron chi connectivity index (χ4n) is 5.44. The topological polar surface area (TPSA) is 104 Å². The van der Waals surface area contributed by atoms with Crippen molar-refractivity contribution in [3.8, 4) is 0 Å². The second-order valence-corrected chi connectivity index (χ2v) is 11.8. The Morgan fingerprint density at radius 2 is 1.66 bits per heavy atom. The van der Waals surface area contributed by atoms with Gasteiger partial charge in [0.1, 0.15) is 6.29 Å². The summed E-state index contributed by atoms with van der Waals surface area (Å²) in [4.78, 5) is 21.6. The van der Waals surface area contributed by atoms with Crippen LogP contribution in [0.15, 0.2) is 42.5 Å². The number of esters is 1. The van der Waals surface area contributed by atoms with E-state index in [0.717, 1.165) is 25.2 Å². The highest BCUT2D eigenvalue weighted by atomic mass is 16.5. The van der Waals surface area contributed by atoms with Crippen LogP contribution in [0.25, 0.3) is 0 Å². The molecule has 0 saturated heterocycles. The molecule has 1 atom stereocenters. The molecule has 1 aromatic rings. The number of allylic oxidation sites excluding steroid dienone is 1. The predicted octanol–water partition coefficient (Wildman–Crippen LogP) is 6.50. The van der Waals surface area contributed by atoms with E-state index >= 15 is 0 Å². The van der Waals surface area contributed by atoms with E-state index in [0.29, 0.717) is 36.4 Å². The Kier molecular flexibility index (Phi) is 19.2. The van der Waals surface area contributed by atoms with E-state index in [9.17, 15) is 14.7 Å². The van der Waals surface area contributed by atoms with Gasteiger partial charge < -0.3 is 20.1 Å². The maximum atomic E-state index is 11.6. The number of aldehydes is 1. The van der Waals surface area contributed by atoms with Crippen molar-refractivity contribution in [3.05, 3.63) is 59.2 Å². The number of benzene rings is 1. The minimum absolute atomic E-state index is 0.0355. The van der Waals surface area contributed by atoms with E-state index in [2.05, 4.69) is 45.2 Å². The summed E-state index contributed by atoms with van der Waals surface area (Å²) in [5.41, 5.74) is 5.46. The number of ether oxygens (including phenoxy) is 1. The first-order valence-electron chi connectivity index (χ1n) is 15.6. The maximum Gasteiger partial charge on any atom is 0.333 e. The number of rotatable bonds is 18. The first kappa shape index (κ1) is 36.7. The Labute approximate surface area is 248 Å². The molecule has 1 fully saturated rings. The van der Waals surface area contributed by atoms with Crippen LogP contribution < -0.4 is 0 Å². The molecule has 0 amide bonds. The first-order chi connectivity index (χ1) is 19.7. The Bertz CT molecular complexity index is 911. The van der Waals surface area contributed by atoms with Crippen LogP contribution in [0.2, 0.25) is 0 Å². The summed E-state index contributed by atoms with van der Waals surface area (Å²) in [5, 5.41) is 26.7. The minimum atomic E-state index is -0.359. The number of carbonyl (C=O) groups is 2. The van der Waals surface area contributed by atoms with Crippen molar-refractivity contribution < 1.29 is 29.6 Å². The van der Waals surface area contributed by atoms with Gasteiger partial charge in [0.25, 0.3) is 0 Å². The summed E-state index contributed by atoms with van der Waals surface area (Å²) >= 11 is 0. The Morgan fingerprint density at radius 1 is 1.00 bits per heavy atom. The number of aliphatic hydroxyl groups excluding tert-OH is 3. The molecular formula is C35H56O6. The molecule has 0 spiro atoms. The third kappa shape index (κ3) is 14.4. The van der Waals surface area contributed by atoms with Gasteiger partial charge in [-0.15, -0.1) is 0 Å². The molecule has 0 radical (unpaired) electrons. The van der Waals surface area contributed by atoms with Gasteiger partial charge in [-0.25, -0.2) is 4.79 Å². The van der Waals surface area contributed by atoms with E-state index in [4.69, 9.17) is 14.9 Å². The van der Waals surface area contributed by atoms with E-state index in [-0.39, 0.29) is 37.6 Å². The average molecular weight is 573 g/mol. The van der Waals surface area contributed by atoms with Crippen LogP contribution in [0.5, 0.6) is 0 Å². The molecule has 1 aliphatic carbocycles. The van der Waals surface area contributed by atoms with Crippen molar-refractivity contribution >= 4 is 12.3 Å². The fourth-order valence-corrected chi connectivity index (χ4v) is 5.44. The molecule has 2 rings (SSSR count). The molecule has 0 bridgehead atoms. The van der Waals surface area contributed by atoms with Crippen molar-refractivity contribution in [1.29, 1.82) is 0 Å². The van der Waals surface area contributed by atoms with Gasteiger partial charge in [0, 0.05) is 37.2 Å². The molecule has 1 aromatic carbocycles. The number of unbranched alkanes of at least 4 members (excludes halogenated alkanes) is 2. The average Bonchev–Trinajstić information content (AvgIpc) is 3.00. The van der Waals surface area contributed by atoms with Gasteiger partial charge in [-0.3, -0.25) is 4.79 Å². The van der Waals surface area contributed by atoms with Crippen LogP contribution in [0, 0.1) is 17.8 Å². The van der Waals surface area contributed by atoms with Crippen LogP contribution >= 0.6 is 0 Å². The largest absolute Gasteiger partial charge is 0.462 e. The molecule has 0 aliphatic heterocycles. The highest BCUT2D eigenvalue weighted by Crippen LogP contribution is 2.38. The summed E-state index contributed by atoms with van der Waals surface area (Å²) in [7, 11) is 0. The van der Waals surface area contributed by atoms with Crippen molar-refractivity contribution in [2.24, 2.45) is 17.8 Å². The SMILES string of the molecule is C=C(C)C(=O)OCC(CO)CCC1CCC(c2ccc(CCCCC)c(CC)c2)CC1.C=C(C=O)CC(CO)CO. The minimum Gasteiger partial charge on any atom is -0.462 e. The van der Waals surface area contributed by atoms with Gasteiger partial charge in [-0.1, -0.05) is 58.0 Å². The molecule has 41 heavy (non-hydrogen) atoms. The number of carbonyl (C=O) groups excluding carboxylic acids is 2. The number of hydrogen-bond acceptors (Lipinski definition) is 6. The molecule has 1 saturated carbocycles. The van der Waals surface area contributed by atoms with Crippen molar-refractivity contribution in [1.82, 2.24) is 0 Å². The van der Waals surface area contributed by atoms with Crippen LogP contribution in [-0.2, 0) is 27.2 Å². The van der Waals surface area contributed by atoms with Gasteiger partial charge >= 0.3 is 5.97 Å². The Balaban J connectivity index is 0.000000716. The number of aliphatic hydroxyl groups is 3. The quantitative estimate of drug-likeness (QED) is 0.0803. The molecular weight excluding hydrogens is 516 g/mol. The van der Waals surface area contributed by atoms with Crippen molar-refractivity contribution in [2.75, 3.05) is 26.4 Å². The van der Waals surface area contributed by atoms with Crippen molar-refractivity contribution in [3.63, 3.8) is 0 Å².